The summed E-state index contributed by atoms with van der Waals surface area (Å²) in [4.78, 5) is 30.1. The Bertz CT molecular complexity index is 1020. The fraction of sp³-hybridized carbons (Fsp3) is 0.190. The van der Waals surface area contributed by atoms with Crippen LogP contribution in [0.5, 0.6) is 5.75 Å². The number of amides is 2. The molecule has 2 heterocycles. The Balaban J connectivity index is 1.68. The molecule has 2 aliphatic rings. The largest absolute Gasteiger partial charge is 0.448 e. The molecule has 148 valence electrons. The van der Waals surface area contributed by atoms with Crippen LogP contribution in [-0.4, -0.2) is 30.0 Å². The monoisotopic (exact) mass is 391 g/mol. The maximum absolute atomic E-state index is 12.0. The van der Waals surface area contributed by atoms with Crippen molar-refractivity contribution in [1.29, 1.82) is 0 Å². The molecule has 4 rings (SSSR count). The lowest BCUT2D eigenvalue weighted by Gasteiger charge is -2.31. The lowest BCUT2D eigenvalue weighted by molar-refractivity contribution is -0.117. The fourth-order valence-corrected chi connectivity index (χ4v) is 3.39. The van der Waals surface area contributed by atoms with Crippen LogP contribution in [0.3, 0.4) is 0 Å². The second kappa shape index (κ2) is 7.40. The summed E-state index contributed by atoms with van der Waals surface area (Å²) in [6.45, 7) is 0.655. The summed E-state index contributed by atoms with van der Waals surface area (Å²) in [5, 5.41) is 2.94. The van der Waals surface area contributed by atoms with Crippen LogP contribution in [-0.2, 0) is 9.59 Å². The maximum atomic E-state index is 12.0. The van der Waals surface area contributed by atoms with Crippen molar-refractivity contribution >= 4 is 23.3 Å². The Kier molecular flexibility index (Phi) is 4.77. The molecule has 8 heteroatoms. The number of anilines is 1. The zero-order chi connectivity index (χ0) is 20.4. The number of carbonyl (C=O) groups is 2. The van der Waals surface area contributed by atoms with Crippen molar-refractivity contribution in [3.05, 3.63) is 71.9 Å². The number of nitrogens with one attached hydrogen (secondary N) is 1. The van der Waals surface area contributed by atoms with Crippen molar-refractivity contribution in [3.8, 4) is 5.75 Å². The number of nitrogens with zero attached hydrogens (tertiary/aromatic N) is 2. The minimum atomic E-state index is -1.81. The zero-order valence-electron chi connectivity index (χ0n) is 15.7. The van der Waals surface area contributed by atoms with Crippen molar-refractivity contribution < 1.29 is 14.3 Å². The standard InChI is InChI=1S/C21H21N5O3/c22-19(28)17-13-24-20(14-6-2-1-3-7-14)25-21(17,23)29-16-9-4-8-15(12-16)26-11-5-10-18(26)27/h1-4,6-9,12-13H,5,10-11,23H2,(H2,22,28)(H,24,25). The zero-order valence-corrected chi connectivity index (χ0v) is 15.7. The normalized spacial score (nSPS) is 21.3. The Morgan fingerprint density at radius 2 is 1.97 bits per heavy atom. The summed E-state index contributed by atoms with van der Waals surface area (Å²) in [5.74, 6) is -1.68. The van der Waals surface area contributed by atoms with E-state index < -0.39 is 11.8 Å². The van der Waals surface area contributed by atoms with Crippen LogP contribution in [0.1, 0.15) is 18.4 Å². The molecule has 2 aromatic carbocycles. The van der Waals surface area contributed by atoms with Gasteiger partial charge in [-0.1, -0.05) is 36.4 Å². The summed E-state index contributed by atoms with van der Waals surface area (Å²) < 4.78 is 5.95. The number of ether oxygens (including phenoxy) is 1. The van der Waals surface area contributed by atoms with Gasteiger partial charge in [-0.15, -0.1) is 0 Å². The Morgan fingerprint density at radius 3 is 2.66 bits per heavy atom. The number of primary amides is 1. The summed E-state index contributed by atoms with van der Waals surface area (Å²) >= 11 is 0. The van der Waals surface area contributed by atoms with Crippen LogP contribution in [0, 0.1) is 0 Å². The first-order valence-electron chi connectivity index (χ1n) is 9.27. The number of hydrogen-bond donors (Lipinski definition) is 3. The van der Waals surface area contributed by atoms with Crippen LogP contribution in [0.4, 0.5) is 5.69 Å². The summed E-state index contributed by atoms with van der Waals surface area (Å²) in [6, 6.07) is 16.3. The van der Waals surface area contributed by atoms with Crippen molar-refractivity contribution in [2.75, 3.05) is 11.4 Å². The third-order valence-corrected chi connectivity index (χ3v) is 4.81. The lowest BCUT2D eigenvalue weighted by atomic mass is 10.1. The molecule has 1 atom stereocenters. The Labute approximate surface area is 167 Å². The molecule has 0 saturated carbocycles. The molecule has 2 aliphatic heterocycles. The fourth-order valence-electron chi connectivity index (χ4n) is 3.39. The van der Waals surface area contributed by atoms with Gasteiger partial charge in [0.15, 0.2) is 0 Å². The van der Waals surface area contributed by atoms with E-state index in [2.05, 4.69) is 10.3 Å². The second-order valence-electron chi connectivity index (χ2n) is 6.84. The molecule has 8 nitrogen and oxygen atoms in total. The van der Waals surface area contributed by atoms with Gasteiger partial charge < -0.3 is 20.7 Å². The minimum Gasteiger partial charge on any atom is -0.448 e. The number of benzene rings is 2. The highest BCUT2D eigenvalue weighted by atomic mass is 16.5. The number of amidine groups is 1. The van der Waals surface area contributed by atoms with E-state index in [1.54, 1.807) is 23.1 Å². The van der Waals surface area contributed by atoms with E-state index in [0.717, 1.165) is 12.0 Å². The van der Waals surface area contributed by atoms with Crippen LogP contribution >= 0.6 is 0 Å². The summed E-state index contributed by atoms with van der Waals surface area (Å²) in [7, 11) is 0. The van der Waals surface area contributed by atoms with Crippen LogP contribution in [0.25, 0.3) is 0 Å². The van der Waals surface area contributed by atoms with Gasteiger partial charge in [-0.2, -0.15) is 0 Å². The third-order valence-electron chi connectivity index (χ3n) is 4.81. The van der Waals surface area contributed by atoms with Crippen molar-refractivity contribution in [3.63, 3.8) is 0 Å². The first-order valence-corrected chi connectivity index (χ1v) is 9.27. The van der Waals surface area contributed by atoms with Gasteiger partial charge in [0.25, 0.3) is 11.8 Å². The maximum Gasteiger partial charge on any atom is 0.291 e. The van der Waals surface area contributed by atoms with Gasteiger partial charge in [0, 0.05) is 36.5 Å². The molecule has 5 N–H and O–H groups in total. The average Bonchev–Trinajstić information content (AvgIpc) is 3.14. The quantitative estimate of drug-likeness (QED) is 0.662. The van der Waals surface area contributed by atoms with Gasteiger partial charge in [0.1, 0.15) is 17.2 Å². The van der Waals surface area contributed by atoms with Crippen molar-refractivity contribution in [2.45, 2.75) is 18.7 Å². The number of rotatable bonds is 5. The molecule has 1 fully saturated rings. The van der Waals surface area contributed by atoms with Gasteiger partial charge in [0.2, 0.25) is 5.91 Å². The molecule has 1 unspecified atom stereocenters. The van der Waals surface area contributed by atoms with E-state index >= 15 is 0 Å². The smallest absolute Gasteiger partial charge is 0.291 e. The van der Waals surface area contributed by atoms with E-state index in [4.69, 9.17) is 16.2 Å². The molecular weight excluding hydrogens is 370 g/mol. The molecule has 1 saturated heterocycles. The van der Waals surface area contributed by atoms with Crippen molar-refractivity contribution in [1.82, 2.24) is 5.32 Å². The number of aliphatic imine (C=N–C) groups is 1. The van der Waals surface area contributed by atoms with Gasteiger partial charge in [-0.05, 0) is 18.6 Å². The number of carbonyl (C=O) groups excluding carboxylic acids is 2. The van der Waals surface area contributed by atoms with E-state index in [0.29, 0.717) is 30.2 Å². The molecule has 2 aromatic rings. The Hall–Kier alpha value is -3.65. The molecule has 29 heavy (non-hydrogen) atoms. The summed E-state index contributed by atoms with van der Waals surface area (Å²) in [5.41, 5.74) is 13.4. The molecule has 2 amide bonds. The van der Waals surface area contributed by atoms with E-state index in [1.807, 2.05) is 36.4 Å². The van der Waals surface area contributed by atoms with Crippen LogP contribution in [0.2, 0.25) is 0 Å². The highest BCUT2D eigenvalue weighted by molar-refractivity contribution is 6.03. The molecule has 0 spiro atoms. The molecule has 0 radical (unpaired) electrons. The third kappa shape index (κ3) is 3.70. The predicted octanol–water partition coefficient (Wildman–Crippen LogP) is 1.22. The van der Waals surface area contributed by atoms with Gasteiger partial charge in [0.05, 0.1) is 0 Å². The second-order valence-corrected chi connectivity index (χ2v) is 6.84. The van der Waals surface area contributed by atoms with E-state index in [-0.39, 0.29) is 11.5 Å². The summed E-state index contributed by atoms with van der Waals surface area (Å²) in [6.07, 6.45) is 2.75. The number of hydrogen-bond acceptors (Lipinski definition) is 6. The topological polar surface area (TPSA) is 123 Å². The molecule has 0 aromatic heterocycles. The van der Waals surface area contributed by atoms with E-state index in [9.17, 15) is 9.59 Å². The van der Waals surface area contributed by atoms with Crippen LogP contribution in [0.15, 0.2) is 71.4 Å². The first-order chi connectivity index (χ1) is 14.0. The highest BCUT2D eigenvalue weighted by Gasteiger charge is 2.39. The van der Waals surface area contributed by atoms with Gasteiger partial charge in [-0.25, -0.2) is 4.99 Å². The predicted molar refractivity (Wildman–Crippen MR) is 109 cm³/mol. The van der Waals surface area contributed by atoms with E-state index in [1.165, 1.54) is 6.20 Å². The van der Waals surface area contributed by atoms with Crippen LogP contribution < -0.4 is 26.4 Å². The molecular formula is C21H21N5O3. The lowest BCUT2D eigenvalue weighted by Crippen LogP contribution is -2.53. The number of nitrogens with two attached hydrogens (primary N) is 2. The molecule has 0 aliphatic carbocycles. The van der Waals surface area contributed by atoms with Crippen molar-refractivity contribution in [2.24, 2.45) is 16.5 Å². The Morgan fingerprint density at radius 1 is 1.17 bits per heavy atom. The highest BCUT2D eigenvalue weighted by Crippen LogP contribution is 2.29. The SMILES string of the molecule is NC(=O)C1=CNC(c2ccccc2)=NC1(N)Oc1cccc(N2CCCC2=O)c1. The van der Waals surface area contributed by atoms with Gasteiger partial charge in [-0.3, -0.25) is 15.3 Å². The van der Waals surface area contributed by atoms with Gasteiger partial charge >= 0.3 is 0 Å². The molecule has 0 bridgehead atoms. The average molecular weight is 391 g/mol. The first kappa shape index (κ1) is 18.7. The minimum absolute atomic E-state index is 0.0140.